The number of carbonyl (C=O) groups excluding carboxylic acids is 1. The zero-order valence-corrected chi connectivity index (χ0v) is 14.0. The monoisotopic (exact) mass is 355 g/mol. The summed E-state index contributed by atoms with van der Waals surface area (Å²) in [7, 11) is 0. The Kier molecular flexibility index (Phi) is 6.81. The summed E-state index contributed by atoms with van der Waals surface area (Å²) >= 11 is 0. The second-order valence-corrected chi connectivity index (χ2v) is 5.26. The van der Waals surface area contributed by atoms with Gasteiger partial charge >= 0.3 is 0 Å². The lowest BCUT2D eigenvalue weighted by Crippen LogP contribution is -2.42. The first-order valence-corrected chi connectivity index (χ1v) is 6.91. The minimum Gasteiger partial charge on any atom is -0.439 e. The minimum atomic E-state index is -0.635. The largest absolute Gasteiger partial charge is 0.439 e. The van der Waals surface area contributed by atoms with E-state index in [1.54, 1.807) is 12.3 Å². The van der Waals surface area contributed by atoms with Crippen molar-refractivity contribution in [3.05, 3.63) is 54.2 Å². The molecule has 1 amide bonds. The number of nitrogens with zero attached hydrogens (tertiary/aromatic N) is 1. The van der Waals surface area contributed by atoms with Crippen LogP contribution >= 0.6 is 24.8 Å². The third kappa shape index (κ3) is 5.10. The van der Waals surface area contributed by atoms with Crippen LogP contribution < -0.4 is 15.8 Å². The number of amides is 1. The van der Waals surface area contributed by atoms with Crippen LogP contribution in [0.25, 0.3) is 0 Å². The quantitative estimate of drug-likeness (QED) is 0.864. The van der Waals surface area contributed by atoms with Gasteiger partial charge in [-0.25, -0.2) is 4.98 Å². The summed E-state index contributed by atoms with van der Waals surface area (Å²) in [6, 6.07) is 13.1. The zero-order valence-electron chi connectivity index (χ0n) is 12.4. The zero-order chi connectivity index (χ0) is 14.7. The minimum absolute atomic E-state index is 0. The highest BCUT2D eigenvalue weighted by Crippen LogP contribution is 2.32. The third-order valence-corrected chi connectivity index (χ3v) is 3.46. The van der Waals surface area contributed by atoms with E-state index in [0.29, 0.717) is 12.4 Å². The number of ether oxygens (including phenoxy) is 1. The normalized spacial score (nSPS) is 14.0. The number of nitrogens with one attached hydrogen (secondary N) is 1. The van der Waals surface area contributed by atoms with Crippen LogP contribution in [0.4, 0.5) is 0 Å². The van der Waals surface area contributed by atoms with Crippen molar-refractivity contribution in [2.45, 2.75) is 24.9 Å². The summed E-state index contributed by atoms with van der Waals surface area (Å²) in [6.07, 6.45) is 3.22. The number of pyridine rings is 1. The van der Waals surface area contributed by atoms with E-state index >= 15 is 0 Å². The van der Waals surface area contributed by atoms with Gasteiger partial charge in [-0.05, 0) is 30.5 Å². The Morgan fingerprint density at radius 1 is 1.17 bits per heavy atom. The number of hydrogen-bond donors (Lipinski definition) is 2. The average Bonchev–Trinajstić information content (AvgIpc) is 3.26. The van der Waals surface area contributed by atoms with Gasteiger partial charge < -0.3 is 15.8 Å². The van der Waals surface area contributed by atoms with Crippen molar-refractivity contribution in [1.82, 2.24) is 10.3 Å². The fourth-order valence-corrected chi connectivity index (χ4v) is 1.91. The molecule has 1 fully saturated rings. The summed E-state index contributed by atoms with van der Waals surface area (Å²) < 4.78 is 5.60. The molecular weight excluding hydrogens is 337 g/mol. The molecule has 0 radical (unpaired) electrons. The molecule has 1 aliphatic rings. The molecule has 2 aromatic rings. The number of para-hydroxylation sites is 1. The molecule has 0 saturated heterocycles. The first-order valence-electron chi connectivity index (χ1n) is 6.91. The van der Waals surface area contributed by atoms with E-state index in [-0.39, 0.29) is 30.7 Å². The average molecular weight is 356 g/mol. The topological polar surface area (TPSA) is 77.2 Å². The van der Waals surface area contributed by atoms with E-state index < -0.39 is 5.54 Å². The van der Waals surface area contributed by atoms with Crippen molar-refractivity contribution in [3.8, 4) is 11.6 Å². The number of halogens is 2. The molecule has 3 rings (SSSR count). The Hall–Kier alpha value is -1.82. The SMILES string of the molecule is Cl.Cl.NC1(C(=O)NCc2ccc(Oc3ccccc3)nc2)CC1. The highest BCUT2D eigenvalue weighted by atomic mass is 35.5. The summed E-state index contributed by atoms with van der Waals surface area (Å²) in [5, 5.41) is 2.83. The lowest BCUT2D eigenvalue weighted by molar-refractivity contribution is -0.123. The second kappa shape index (κ2) is 8.15. The first kappa shape index (κ1) is 19.2. The van der Waals surface area contributed by atoms with E-state index in [1.165, 1.54) is 0 Å². The van der Waals surface area contributed by atoms with E-state index in [0.717, 1.165) is 24.2 Å². The Morgan fingerprint density at radius 3 is 2.43 bits per heavy atom. The Labute approximate surface area is 147 Å². The van der Waals surface area contributed by atoms with Crippen LogP contribution in [-0.4, -0.2) is 16.4 Å². The van der Waals surface area contributed by atoms with Crippen LogP contribution in [0.15, 0.2) is 48.7 Å². The predicted molar refractivity (Wildman–Crippen MR) is 93.2 cm³/mol. The Bertz CT molecular complexity index is 632. The number of nitrogens with two attached hydrogens (primary N) is 1. The van der Waals surface area contributed by atoms with E-state index in [4.69, 9.17) is 10.5 Å². The lowest BCUT2D eigenvalue weighted by Gasteiger charge is -2.10. The molecule has 1 saturated carbocycles. The smallest absolute Gasteiger partial charge is 0.240 e. The fourth-order valence-electron chi connectivity index (χ4n) is 1.91. The summed E-state index contributed by atoms with van der Waals surface area (Å²) in [6.45, 7) is 0.427. The number of benzene rings is 1. The second-order valence-electron chi connectivity index (χ2n) is 5.26. The molecule has 3 N–H and O–H groups in total. The molecule has 5 nitrogen and oxygen atoms in total. The van der Waals surface area contributed by atoms with Gasteiger partial charge in [0.25, 0.3) is 0 Å². The van der Waals surface area contributed by atoms with Crippen LogP contribution in [-0.2, 0) is 11.3 Å². The summed E-state index contributed by atoms with van der Waals surface area (Å²) in [5.41, 5.74) is 6.09. The van der Waals surface area contributed by atoms with Crippen LogP contribution in [0.1, 0.15) is 18.4 Å². The first-order chi connectivity index (χ1) is 10.2. The molecule has 7 heteroatoms. The molecule has 1 aromatic heterocycles. The van der Waals surface area contributed by atoms with Gasteiger partial charge in [-0.15, -0.1) is 24.8 Å². The van der Waals surface area contributed by atoms with Gasteiger partial charge in [-0.2, -0.15) is 0 Å². The van der Waals surface area contributed by atoms with Gasteiger partial charge in [-0.3, -0.25) is 4.79 Å². The lowest BCUT2D eigenvalue weighted by atomic mass is 10.2. The van der Waals surface area contributed by atoms with Crippen molar-refractivity contribution in [2.75, 3.05) is 0 Å². The van der Waals surface area contributed by atoms with Crippen molar-refractivity contribution >= 4 is 30.7 Å². The number of hydrogen-bond acceptors (Lipinski definition) is 4. The molecule has 1 aliphatic carbocycles. The van der Waals surface area contributed by atoms with Crippen LogP contribution in [0.5, 0.6) is 11.6 Å². The van der Waals surface area contributed by atoms with Crippen LogP contribution in [0.2, 0.25) is 0 Å². The van der Waals surface area contributed by atoms with Gasteiger partial charge in [0.2, 0.25) is 11.8 Å². The van der Waals surface area contributed by atoms with Crippen LogP contribution in [0, 0.1) is 0 Å². The molecule has 0 aliphatic heterocycles. The van der Waals surface area contributed by atoms with Crippen molar-refractivity contribution in [3.63, 3.8) is 0 Å². The maximum Gasteiger partial charge on any atom is 0.240 e. The van der Waals surface area contributed by atoms with Crippen molar-refractivity contribution in [2.24, 2.45) is 5.73 Å². The molecule has 0 unspecified atom stereocenters. The number of aromatic nitrogens is 1. The van der Waals surface area contributed by atoms with E-state index in [9.17, 15) is 4.79 Å². The summed E-state index contributed by atoms with van der Waals surface area (Å²) in [5.74, 6) is 1.17. The van der Waals surface area contributed by atoms with Crippen molar-refractivity contribution in [1.29, 1.82) is 0 Å². The third-order valence-electron chi connectivity index (χ3n) is 3.46. The van der Waals surface area contributed by atoms with Gasteiger partial charge in [0, 0.05) is 18.8 Å². The summed E-state index contributed by atoms with van der Waals surface area (Å²) in [4.78, 5) is 16.0. The van der Waals surface area contributed by atoms with Gasteiger partial charge in [0.1, 0.15) is 5.75 Å². The molecule has 0 spiro atoms. The van der Waals surface area contributed by atoms with Crippen molar-refractivity contribution < 1.29 is 9.53 Å². The molecule has 23 heavy (non-hydrogen) atoms. The van der Waals surface area contributed by atoms with E-state index in [1.807, 2.05) is 36.4 Å². The Balaban J connectivity index is 0.00000132. The fraction of sp³-hybridized carbons (Fsp3) is 0.250. The maximum atomic E-state index is 11.7. The molecule has 124 valence electrons. The highest BCUT2D eigenvalue weighted by Gasteiger charge is 2.45. The van der Waals surface area contributed by atoms with Gasteiger partial charge in [-0.1, -0.05) is 24.3 Å². The maximum absolute atomic E-state index is 11.7. The van der Waals surface area contributed by atoms with Crippen LogP contribution in [0.3, 0.4) is 0 Å². The standard InChI is InChI=1S/C16H17N3O2.2ClH/c17-16(8-9-16)15(20)19-11-12-6-7-14(18-10-12)21-13-4-2-1-3-5-13;;/h1-7,10H,8-9,11,17H2,(H,19,20);2*1H. The predicted octanol–water partition coefficient (Wildman–Crippen LogP) is 2.83. The highest BCUT2D eigenvalue weighted by molar-refractivity contribution is 5.88. The molecular formula is C16H19Cl2N3O2. The number of carbonyl (C=O) groups is 1. The van der Waals surface area contributed by atoms with Gasteiger partial charge in [0.15, 0.2) is 0 Å². The molecule has 0 bridgehead atoms. The molecule has 0 atom stereocenters. The Morgan fingerprint density at radius 2 is 1.87 bits per heavy atom. The molecule has 1 heterocycles. The van der Waals surface area contributed by atoms with E-state index in [2.05, 4.69) is 10.3 Å². The molecule has 1 aromatic carbocycles. The van der Waals surface area contributed by atoms with Gasteiger partial charge in [0.05, 0.1) is 5.54 Å². The number of rotatable bonds is 5.